The molecular weight excluding hydrogens is 266 g/mol. The van der Waals surface area contributed by atoms with Gasteiger partial charge in [0.1, 0.15) is 0 Å². The van der Waals surface area contributed by atoms with Crippen molar-refractivity contribution in [3.63, 3.8) is 0 Å². The lowest BCUT2D eigenvalue weighted by Crippen LogP contribution is -2.22. The Bertz CT molecular complexity index is 461. The topological polar surface area (TPSA) is 38.8 Å². The molecule has 1 aromatic carbocycles. The van der Waals surface area contributed by atoms with Crippen molar-refractivity contribution in [1.82, 2.24) is 4.90 Å². The Labute approximate surface area is 127 Å². The van der Waals surface area contributed by atoms with Gasteiger partial charge >= 0.3 is 0 Å². The summed E-state index contributed by atoms with van der Waals surface area (Å²) in [5.74, 6) is 0.199. The Morgan fingerprint density at radius 3 is 2.95 bits per heavy atom. The monoisotopic (exact) mass is 291 g/mol. The summed E-state index contributed by atoms with van der Waals surface area (Å²) in [6.45, 7) is 3.56. The van der Waals surface area contributed by atoms with Crippen molar-refractivity contribution in [1.29, 1.82) is 0 Å². The molecule has 1 saturated heterocycles. The molecule has 0 unspecified atom stereocenters. The van der Waals surface area contributed by atoms with E-state index in [2.05, 4.69) is 11.0 Å². The molecule has 1 atom stereocenters. The van der Waals surface area contributed by atoms with Crippen LogP contribution in [0.15, 0.2) is 24.3 Å². The molecule has 0 spiro atoms. The summed E-state index contributed by atoms with van der Waals surface area (Å²) >= 11 is 0. The zero-order chi connectivity index (χ0) is 15.1. The van der Waals surface area contributed by atoms with Crippen molar-refractivity contribution in [2.75, 3.05) is 33.9 Å². The van der Waals surface area contributed by atoms with Crippen LogP contribution in [0.5, 0.6) is 0 Å². The van der Waals surface area contributed by atoms with Crippen LogP contribution in [0.4, 0.5) is 0 Å². The minimum absolute atomic E-state index is 0.199. The maximum Gasteiger partial charge on any atom is 0.162 e. The van der Waals surface area contributed by atoms with E-state index in [-0.39, 0.29) is 5.78 Å². The average Bonchev–Trinajstić information content (AvgIpc) is 2.95. The van der Waals surface area contributed by atoms with Crippen LogP contribution in [0.2, 0.25) is 0 Å². The van der Waals surface area contributed by atoms with Gasteiger partial charge in [0.25, 0.3) is 0 Å². The fourth-order valence-corrected chi connectivity index (χ4v) is 2.76. The van der Waals surface area contributed by atoms with Crippen molar-refractivity contribution >= 4 is 5.78 Å². The van der Waals surface area contributed by atoms with Gasteiger partial charge in [-0.15, -0.1) is 0 Å². The minimum Gasteiger partial charge on any atom is -0.385 e. The second-order valence-electron chi connectivity index (χ2n) is 5.60. The lowest BCUT2D eigenvalue weighted by Gasteiger charge is -2.16. The normalized spacial score (nSPS) is 19.0. The summed E-state index contributed by atoms with van der Waals surface area (Å²) < 4.78 is 10.4. The van der Waals surface area contributed by atoms with Gasteiger partial charge in [-0.3, -0.25) is 9.69 Å². The highest BCUT2D eigenvalue weighted by molar-refractivity contribution is 5.96. The molecule has 1 aliphatic rings. The first-order valence-corrected chi connectivity index (χ1v) is 7.59. The first-order valence-electron chi connectivity index (χ1n) is 7.59. The van der Waals surface area contributed by atoms with Crippen molar-refractivity contribution in [3.05, 3.63) is 35.4 Å². The highest BCUT2D eigenvalue weighted by Gasteiger charge is 2.21. The quantitative estimate of drug-likeness (QED) is 0.545. The number of hydrogen-bond donors (Lipinski definition) is 0. The molecule has 0 radical (unpaired) electrons. The number of nitrogens with zero attached hydrogens (tertiary/aromatic N) is 1. The summed E-state index contributed by atoms with van der Waals surface area (Å²) in [6.07, 6.45) is 2.77. The molecule has 1 aliphatic heterocycles. The molecule has 0 aromatic heterocycles. The predicted molar refractivity (Wildman–Crippen MR) is 82.6 cm³/mol. The van der Waals surface area contributed by atoms with Crippen LogP contribution in [-0.2, 0) is 16.0 Å². The van der Waals surface area contributed by atoms with E-state index in [0.717, 1.165) is 38.0 Å². The van der Waals surface area contributed by atoms with Crippen LogP contribution >= 0.6 is 0 Å². The molecular formula is C17H25NO3. The highest BCUT2D eigenvalue weighted by atomic mass is 16.5. The second kappa shape index (κ2) is 8.27. The van der Waals surface area contributed by atoms with E-state index in [0.29, 0.717) is 19.1 Å². The van der Waals surface area contributed by atoms with E-state index in [1.165, 1.54) is 5.56 Å². The van der Waals surface area contributed by atoms with Gasteiger partial charge in [-0.25, -0.2) is 0 Å². The van der Waals surface area contributed by atoms with Crippen LogP contribution in [-0.4, -0.2) is 50.7 Å². The fourth-order valence-electron chi connectivity index (χ4n) is 2.76. The van der Waals surface area contributed by atoms with Crippen LogP contribution in [0.1, 0.15) is 35.2 Å². The smallest absolute Gasteiger partial charge is 0.162 e. The molecule has 4 nitrogen and oxygen atoms in total. The van der Waals surface area contributed by atoms with E-state index in [4.69, 9.17) is 9.47 Å². The third-order valence-corrected chi connectivity index (χ3v) is 3.97. The van der Waals surface area contributed by atoms with Crippen molar-refractivity contribution in [2.24, 2.45) is 0 Å². The molecule has 4 heteroatoms. The van der Waals surface area contributed by atoms with Crippen molar-refractivity contribution < 1.29 is 14.3 Å². The van der Waals surface area contributed by atoms with Crippen LogP contribution in [0.25, 0.3) is 0 Å². The largest absolute Gasteiger partial charge is 0.385 e. The molecule has 1 fully saturated rings. The van der Waals surface area contributed by atoms with Gasteiger partial charge in [-0.2, -0.15) is 0 Å². The molecule has 0 N–H and O–H groups in total. The van der Waals surface area contributed by atoms with Crippen molar-refractivity contribution in [2.45, 2.75) is 31.9 Å². The van der Waals surface area contributed by atoms with E-state index < -0.39 is 0 Å². The molecule has 1 aromatic rings. The van der Waals surface area contributed by atoms with Crippen LogP contribution < -0.4 is 0 Å². The molecule has 0 bridgehead atoms. The standard InChI is InChI=1S/C17H25NO3/c1-20-10-4-7-17(19)15-6-3-5-14(11-15)12-18-9-8-16(13-18)21-2/h3,5-6,11,16H,4,7-10,12-13H2,1-2H3/t16-/m1/s1. The number of methoxy groups -OCH3 is 2. The number of carbonyl (C=O) groups excluding carboxylic acids is 1. The van der Waals surface area contributed by atoms with Gasteiger partial charge in [-0.05, 0) is 24.5 Å². The summed E-state index contributed by atoms with van der Waals surface area (Å²) in [5, 5.41) is 0. The maximum absolute atomic E-state index is 12.1. The Morgan fingerprint density at radius 2 is 2.24 bits per heavy atom. The van der Waals surface area contributed by atoms with Gasteiger partial charge < -0.3 is 9.47 Å². The first kappa shape index (κ1) is 16.1. The third-order valence-electron chi connectivity index (χ3n) is 3.97. The molecule has 2 rings (SSSR count). The van der Waals surface area contributed by atoms with Gasteiger partial charge in [0.05, 0.1) is 6.10 Å². The predicted octanol–water partition coefficient (Wildman–Crippen LogP) is 2.52. The first-order chi connectivity index (χ1) is 10.2. The fraction of sp³-hybridized carbons (Fsp3) is 0.588. The van der Waals surface area contributed by atoms with E-state index in [9.17, 15) is 4.79 Å². The van der Waals surface area contributed by atoms with Gasteiger partial charge in [-0.1, -0.05) is 18.2 Å². The third kappa shape index (κ3) is 4.92. The van der Waals surface area contributed by atoms with E-state index in [1.54, 1.807) is 14.2 Å². The molecule has 0 amide bonds. The number of Topliss-reactive ketones (excluding diaryl/α,β-unsaturated/α-hetero) is 1. The minimum atomic E-state index is 0.199. The number of benzene rings is 1. The lowest BCUT2D eigenvalue weighted by molar-refractivity contribution is 0.0963. The Kier molecular flexibility index (Phi) is 6.36. The zero-order valence-corrected chi connectivity index (χ0v) is 13.0. The zero-order valence-electron chi connectivity index (χ0n) is 13.0. The highest BCUT2D eigenvalue weighted by Crippen LogP contribution is 2.17. The molecule has 0 aliphatic carbocycles. The molecule has 0 saturated carbocycles. The molecule has 21 heavy (non-hydrogen) atoms. The SMILES string of the molecule is COCCCC(=O)c1cccc(CN2CC[C@@H](OC)C2)c1. The number of carbonyl (C=O) groups is 1. The van der Waals surface area contributed by atoms with Crippen LogP contribution in [0.3, 0.4) is 0 Å². The number of rotatable bonds is 8. The second-order valence-corrected chi connectivity index (χ2v) is 5.60. The van der Waals surface area contributed by atoms with Gasteiger partial charge in [0.2, 0.25) is 0 Å². The Morgan fingerprint density at radius 1 is 1.38 bits per heavy atom. The Hall–Kier alpha value is -1.23. The average molecular weight is 291 g/mol. The summed E-state index contributed by atoms with van der Waals surface area (Å²) in [7, 11) is 3.43. The van der Waals surface area contributed by atoms with Gasteiger partial charge in [0.15, 0.2) is 5.78 Å². The number of hydrogen-bond acceptors (Lipinski definition) is 4. The molecule has 116 valence electrons. The summed E-state index contributed by atoms with van der Waals surface area (Å²) in [6, 6.07) is 7.99. The van der Waals surface area contributed by atoms with Crippen LogP contribution in [0, 0.1) is 0 Å². The number of ketones is 1. The van der Waals surface area contributed by atoms with E-state index >= 15 is 0 Å². The number of likely N-dealkylation sites (tertiary alicyclic amines) is 1. The lowest BCUT2D eigenvalue weighted by atomic mass is 10.0. The number of ether oxygens (including phenoxy) is 2. The van der Waals surface area contributed by atoms with Crippen molar-refractivity contribution in [3.8, 4) is 0 Å². The van der Waals surface area contributed by atoms with E-state index in [1.807, 2.05) is 18.2 Å². The maximum atomic E-state index is 12.1. The summed E-state index contributed by atoms with van der Waals surface area (Å²) in [5.41, 5.74) is 2.01. The summed E-state index contributed by atoms with van der Waals surface area (Å²) in [4.78, 5) is 14.5. The molecule has 1 heterocycles. The Balaban J connectivity index is 1.90. The van der Waals surface area contributed by atoms with Gasteiger partial charge in [0, 0.05) is 52.4 Å².